The van der Waals surface area contributed by atoms with Gasteiger partial charge in [0, 0.05) is 11.8 Å². The number of rotatable bonds is 7. The molecule has 1 aromatic heterocycles. The SMILES string of the molecule is COc1ccc(N[C@@H](C)C(=O)Nc2ccc(OC(F)F)cc2)cn1. The van der Waals surface area contributed by atoms with Crippen LogP contribution in [0.2, 0.25) is 0 Å². The van der Waals surface area contributed by atoms with E-state index in [1.54, 1.807) is 25.3 Å². The first-order valence-electron chi connectivity index (χ1n) is 7.10. The number of nitrogens with one attached hydrogen (secondary N) is 2. The molecule has 0 bridgehead atoms. The van der Waals surface area contributed by atoms with Crippen LogP contribution in [0.3, 0.4) is 0 Å². The van der Waals surface area contributed by atoms with Crippen LogP contribution in [0.25, 0.3) is 0 Å². The van der Waals surface area contributed by atoms with Crippen molar-refractivity contribution in [3.05, 3.63) is 42.6 Å². The largest absolute Gasteiger partial charge is 0.481 e. The van der Waals surface area contributed by atoms with Crippen LogP contribution in [0, 0.1) is 0 Å². The second kappa shape index (κ2) is 8.09. The van der Waals surface area contributed by atoms with Crippen LogP contribution >= 0.6 is 0 Å². The lowest BCUT2D eigenvalue weighted by molar-refractivity contribution is -0.116. The van der Waals surface area contributed by atoms with Gasteiger partial charge in [0.25, 0.3) is 0 Å². The van der Waals surface area contributed by atoms with Crippen LogP contribution in [-0.2, 0) is 4.79 Å². The first-order valence-corrected chi connectivity index (χ1v) is 7.10. The fourth-order valence-electron chi connectivity index (χ4n) is 1.87. The van der Waals surface area contributed by atoms with E-state index in [4.69, 9.17) is 4.74 Å². The number of halogens is 2. The standard InChI is InChI=1S/C16H17F2N3O3/c1-10(20-12-5-8-14(23-2)19-9-12)15(22)21-11-3-6-13(7-4-11)24-16(17)18/h3-10,16,20H,1-2H3,(H,21,22)/t10-/m0/s1. The van der Waals surface area contributed by atoms with Crippen LogP contribution in [-0.4, -0.2) is 30.7 Å². The molecule has 0 saturated carbocycles. The molecule has 2 aromatic rings. The number of carbonyl (C=O) groups excluding carboxylic acids is 1. The summed E-state index contributed by atoms with van der Waals surface area (Å²) < 4.78 is 33.4. The van der Waals surface area contributed by atoms with Crippen molar-refractivity contribution < 1.29 is 23.0 Å². The third kappa shape index (κ3) is 5.08. The van der Waals surface area contributed by atoms with Crippen molar-refractivity contribution in [2.45, 2.75) is 19.6 Å². The predicted octanol–water partition coefficient (Wildman–Crippen LogP) is 3.13. The van der Waals surface area contributed by atoms with Gasteiger partial charge in [-0.25, -0.2) is 4.98 Å². The normalized spacial score (nSPS) is 11.7. The van der Waals surface area contributed by atoms with E-state index in [0.717, 1.165) is 0 Å². The van der Waals surface area contributed by atoms with Crippen LogP contribution in [0.5, 0.6) is 11.6 Å². The first kappa shape index (κ1) is 17.5. The molecule has 8 heteroatoms. The second-order valence-corrected chi connectivity index (χ2v) is 4.85. The number of ether oxygens (including phenoxy) is 2. The van der Waals surface area contributed by atoms with Crippen LogP contribution < -0.4 is 20.1 Å². The summed E-state index contributed by atoms with van der Waals surface area (Å²) in [6, 6.07) is 8.56. The van der Waals surface area contributed by atoms with Crippen LogP contribution in [0.4, 0.5) is 20.2 Å². The molecule has 1 heterocycles. The molecular weight excluding hydrogens is 320 g/mol. The molecule has 6 nitrogen and oxygen atoms in total. The van der Waals surface area contributed by atoms with Crippen LogP contribution in [0.1, 0.15) is 6.92 Å². The smallest absolute Gasteiger partial charge is 0.387 e. The van der Waals surface area contributed by atoms with Crippen molar-refractivity contribution in [2.75, 3.05) is 17.7 Å². The zero-order chi connectivity index (χ0) is 17.5. The minimum atomic E-state index is -2.88. The van der Waals surface area contributed by atoms with Crippen molar-refractivity contribution >= 4 is 17.3 Å². The van der Waals surface area contributed by atoms with Gasteiger partial charge in [-0.3, -0.25) is 4.79 Å². The second-order valence-electron chi connectivity index (χ2n) is 4.85. The summed E-state index contributed by atoms with van der Waals surface area (Å²) in [5.41, 5.74) is 1.14. The van der Waals surface area contributed by atoms with Gasteiger partial charge < -0.3 is 20.1 Å². The summed E-state index contributed by atoms with van der Waals surface area (Å²) in [5, 5.41) is 5.67. The molecule has 0 aliphatic heterocycles. The lowest BCUT2D eigenvalue weighted by atomic mass is 10.2. The summed E-state index contributed by atoms with van der Waals surface area (Å²) in [7, 11) is 1.52. The summed E-state index contributed by atoms with van der Waals surface area (Å²) in [4.78, 5) is 16.2. The lowest BCUT2D eigenvalue weighted by Gasteiger charge is -2.15. The number of amides is 1. The number of methoxy groups -OCH3 is 1. The van der Waals surface area contributed by atoms with Crippen molar-refractivity contribution in [1.29, 1.82) is 0 Å². The number of hydrogen-bond acceptors (Lipinski definition) is 5. The number of hydrogen-bond donors (Lipinski definition) is 2. The van der Waals surface area contributed by atoms with Gasteiger partial charge in [-0.2, -0.15) is 8.78 Å². The maximum absolute atomic E-state index is 12.1. The number of anilines is 2. The van der Waals surface area contributed by atoms with Gasteiger partial charge in [-0.1, -0.05) is 0 Å². The Morgan fingerprint density at radius 2 is 1.79 bits per heavy atom. The highest BCUT2D eigenvalue weighted by Gasteiger charge is 2.13. The van der Waals surface area contributed by atoms with Crippen molar-refractivity contribution in [3.8, 4) is 11.6 Å². The predicted molar refractivity (Wildman–Crippen MR) is 85.6 cm³/mol. The lowest BCUT2D eigenvalue weighted by Crippen LogP contribution is -2.31. The number of aromatic nitrogens is 1. The minimum Gasteiger partial charge on any atom is -0.481 e. The van der Waals surface area contributed by atoms with Crippen molar-refractivity contribution in [1.82, 2.24) is 4.98 Å². The molecule has 2 rings (SSSR count). The highest BCUT2D eigenvalue weighted by Crippen LogP contribution is 2.18. The van der Waals surface area contributed by atoms with Gasteiger partial charge in [0.05, 0.1) is 19.0 Å². The Kier molecular flexibility index (Phi) is 5.89. The Morgan fingerprint density at radius 3 is 2.33 bits per heavy atom. The summed E-state index contributed by atoms with van der Waals surface area (Å²) in [5.74, 6) is 0.218. The molecular formula is C16H17F2N3O3. The zero-order valence-electron chi connectivity index (χ0n) is 13.1. The van der Waals surface area contributed by atoms with Gasteiger partial charge in [-0.15, -0.1) is 0 Å². The van der Waals surface area contributed by atoms with Crippen molar-refractivity contribution in [2.24, 2.45) is 0 Å². The number of benzene rings is 1. The van der Waals surface area contributed by atoms with Gasteiger partial charge in [0.15, 0.2) is 0 Å². The molecule has 0 fully saturated rings. The van der Waals surface area contributed by atoms with E-state index >= 15 is 0 Å². The molecule has 24 heavy (non-hydrogen) atoms. The van der Waals surface area contributed by atoms with E-state index in [-0.39, 0.29) is 11.7 Å². The third-order valence-corrected chi connectivity index (χ3v) is 3.07. The van der Waals surface area contributed by atoms with Crippen molar-refractivity contribution in [3.63, 3.8) is 0 Å². The van der Waals surface area contributed by atoms with E-state index in [1.807, 2.05) is 0 Å². The Labute approximate surface area is 137 Å². The molecule has 0 aliphatic rings. The van der Waals surface area contributed by atoms with E-state index in [2.05, 4.69) is 20.4 Å². The number of alkyl halides is 2. The van der Waals surface area contributed by atoms with E-state index in [1.165, 1.54) is 31.4 Å². The summed E-state index contributed by atoms with van der Waals surface area (Å²) in [6.07, 6.45) is 1.55. The highest BCUT2D eigenvalue weighted by molar-refractivity contribution is 5.96. The average molecular weight is 337 g/mol. The van der Waals surface area contributed by atoms with Gasteiger partial charge in [0.1, 0.15) is 11.8 Å². The van der Waals surface area contributed by atoms with Gasteiger partial charge in [-0.05, 0) is 37.3 Å². The quantitative estimate of drug-likeness (QED) is 0.812. The number of pyridine rings is 1. The fraction of sp³-hybridized carbons (Fsp3) is 0.250. The number of nitrogens with zero attached hydrogens (tertiary/aromatic N) is 1. The Balaban J connectivity index is 1.90. The molecule has 1 aromatic carbocycles. The monoisotopic (exact) mass is 337 g/mol. The topological polar surface area (TPSA) is 72.5 Å². The molecule has 0 radical (unpaired) electrons. The minimum absolute atomic E-state index is 0.0264. The third-order valence-electron chi connectivity index (χ3n) is 3.07. The Bertz CT molecular complexity index is 663. The van der Waals surface area contributed by atoms with Crippen LogP contribution in [0.15, 0.2) is 42.6 Å². The zero-order valence-corrected chi connectivity index (χ0v) is 13.1. The van der Waals surface area contributed by atoms with E-state index in [0.29, 0.717) is 17.3 Å². The molecule has 0 saturated heterocycles. The molecule has 1 amide bonds. The molecule has 128 valence electrons. The molecule has 0 aliphatic carbocycles. The van der Waals surface area contributed by atoms with Gasteiger partial charge >= 0.3 is 6.61 Å². The highest BCUT2D eigenvalue weighted by atomic mass is 19.3. The summed E-state index contributed by atoms with van der Waals surface area (Å²) >= 11 is 0. The molecule has 1 atom stereocenters. The van der Waals surface area contributed by atoms with E-state index in [9.17, 15) is 13.6 Å². The first-order chi connectivity index (χ1) is 11.5. The molecule has 0 spiro atoms. The number of carbonyl (C=O) groups is 1. The summed E-state index contributed by atoms with van der Waals surface area (Å²) in [6.45, 7) is -1.19. The maximum atomic E-state index is 12.1. The molecule has 0 unspecified atom stereocenters. The molecule has 2 N–H and O–H groups in total. The van der Waals surface area contributed by atoms with Gasteiger partial charge in [0.2, 0.25) is 11.8 Å². The maximum Gasteiger partial charge on any atom is 0.387 e. The Morgan fingerprint density at radius 1 is 1.12 bits per heavy atom. The van der Waals surface area contributed by atoms with E-state index < -0.39 is 12.7 Å². The fourth-order valence-corrected chi connectivity index (χ4v) is 1.87. The average Bonchev–Trinajstić information content (AvgIpc) is 2.56. The Hall–Kier alpha value is -2.90.